The van der Waals surface area contributed by atoms with E-state index in [1.807, 2.05) is 0 Å². The smallest absolute Gasteiger partial charge is 0.453 e. The van der Waals surface area contributed by atoms with Crippen LogP contribution in [0.5, 0.6) is 11.5 Å². The highest BCUT2D eigenvalue weighted by Gasteiger charge is 2.38. The lowest BCUT2D eigenvalue weighted by molar-refractivity contribution is -0.146. The van der Waals surface area contributed by atoms with E-state index in [1.54, 1.807) is 18.2 Å². The first-order chi connectivity index (χ1) is 10.5. The molecular weight excluding hydrogens is 321 g/mol. The summed E-state index contributed by atoms with van der Waals surface area (Å²) in [7, 11) is 0. The van der Waals surface area contributed by atoms with E-state index in [0.29, 0.717) is 39.8 Å². The first kappa shape index (κ1) is 13.3. The van der Waals surface area contributed by atoms with Gasteiger partial charge in [-0.2, -0.15) is 22.8 Å². The first-order valence-electron chi connectivity index (χ1n) is 6.22. The van der Waals surface area contributed by atoms with Crippen LogP contribution < -0.4 is 9.47 Å². The fourth-order valence-corrected chi connectivity index (χ4v) is 2.92. The number of rotatable bonds is 1. The van der Waals surface area contributed by atoms with Crippen LogP contribution in [0.1, 0.15) is 5.82 Å². The van der Waals surface area contributed by atoms with E-state index >= 15 is 0 Å². The molecule has 2 aromatic heterocycles. The Bertz CT molecular complexity index is 858. The molecule has 3 heterocycles. The Morgan fingerprint density at radius 1 is 1.09 bits per heavy atom. The second-order valence-electron chi connectivity index (χ2n) is 4.48. The van der Waals surface area contributed by atoms with Gasteiger partial charge in [0.2, 0.25) is 4.96 Å². The molecule has 0 unspecified atom stereocenters. The van der Waals surface area contributed by atoms with Crippen molar-refractivity contribution in [3.8, 4) is 22.1 Å². The molecule has 0 bridgehead atoms. The Labute approximate surface area is 125 Å². The predicted octanol–water partition coefficient (Wildman–Crippen LogP) is 2.64. The third-order valence-electron chi connectivity index (χ3n) is 3.03. The molecule has 0 atom stereocenters. The predicted molar refractivity (Wildman–Crippen MR) is 70.1 cm³/mol. The zero-order valence-electron chi connectivity index (χ0n) is 10.8. The summed E-state index contributed by atoms with van der Waals surface area (Å²) >= 11 is 1.02. The molecule has 22 heavy (non-hydrogen) atoms. The molecule has 0 N–H and O–H groups in total. The maximum absolute atomic E-state index is 12.8. The van der Waals surface area contributed by atoms with Crippen LogP contribution in [0, 0.1) is 0 Å². The van der Waals surface area contributed by atoms with Gasteiger partial charge in [0.25, 0.3) is 5.82 Å². The summed E-state index contributed by atoms with van der Waals surface area (Å²) < 4.78 is 49.9. The summed E-state index contributed by atoms with van der Waals surface area (Å²) in [6, 6.07) is 5.11. The summed E-state index contributed by atoms with van der Waals surface area (Å²) in [5.74, 6) is 0.0160. The fourth-order valence-electron chi connectivity index (χ4n) is 2.09. The number of aromatic nitrogens is 4. The maximum Gasteiger partial charge on any atom is 0.453 e. The van der Waals surface area contributed by atoms with Crippen LogP contribution in [0.25, 0.3) is 15.5 Å². The maximum atomic E-state index is 12.8. The van der Waals surface area contributed by atoms with Gasteiger partial charge in [-0.3, -0.25) is 0 Å². The lowest BCUT2D eigenvalue weighted by atomic mass is 10.2. The van der Waals surface area contributed by atoms with Gasteiger partial charge >= 0.3 is 6.18 Å². The third-order valence-corrected chi connectivity index (χ3v) is 3.98. The molecule has 1 aliphatic heterocycles. The Morgan fingerprint density at radius 3 is 2.64 bits per heavy atom. The molecule has 0 saturated heterocycles. The molecule has 1 aromatic carbocycles. The molecule has 6 nitrogen and oxygen atoms in total. The van der Waals surface area contributed by atoms with E-state index in [2.05, 4.69) is 15.3 Å². The van der Waals surface area contributed by atoms with Crippen molar-refractivity contribution in [3.05, 3.63) is 24.0 Å². The number of hydrogen-bond acceptors (Lipinski definition) is 6. The van der Waals surface area contributed by atoms with Gasteiger partial charge in [-0.25, -0.2) is 0 Å². The summed E-state index contributed by atoms with van der Waals surface area (Å²) in [6.07, 6.45) is -4.60. The monoisotopic (exact) mass is 328 g/mol. The summed E-state index contributed by atoms with van der Waals surface area (Å²) in [5, 5.41) is 11.0. The van der Waals surface area contributed by atoms with Gasteiger partial charge in [0, 0.05) is 5.56 Å². The number of hydrogen-bond donors (Lipinski definition) is 0. The second kappa shape index (κ2) is 4.57. The van der Waals surface area contributed by atoms with E-state index in [1.165, 1.54) is 0 Å². The van der Waals surface area contributed by atoms with E-state index in [-0.39, 0.29) is 4.96 Å². The standard InChI is InChI=1S/C12H7F3N4O2S/c13-12(14,15)10-16-17-11-19(10)18-9(22-11)6-1-2-7-8(5-6)21-4-3-20-7/h1-2,5H,3-4H2. The minimum Gasteiger partial charge on any atom is -0.486 e. The number of nitrogens with zero attached hydrogens (tertiary/aromatic N) is 4. The van der Waals surface area contributed by atoms with Gasteiger partial charge in [-0.1, -0.05) is 11.3 Å². The van der Waals surface area contributed by atoms with Crippen LogP contribution >= 0.6 is 11.3 Å². The van der Waals surface area contributed by atoms with Crippen LogP contribution in [0.2, 0.25) is 0 Å². The van der Waals surface area contributed by atoms with Gasteiger partial charge < -0.3 is 9.47 Å². The summed E-state index contributed by atoms with van der Waals surface area (Å²) in [5.41, 5.74) is 0.632. The van der Waals surface area contributed by atoms with Crippen molar-refractivity contribution >= 4 is 16.3 Å². The quantitative estimate of drug-likeness (QED) is 0.687. The SMILES string of the molecule is FC(F)(F)c1nnc2sc(-c3ccc4c(c3)OCCO4)nn12. The molecule has 114 valence electrons. The minimum absolute atomic E-state index is 0.0808. The Morgan fingerprint density at radius 2 is 1.86 bits per heavy atom. The van der Waals surface area contributed by atoms with Gasteiger partial charge in [0.05, 0.1) is 0 Å². The molecule has 10 heteroatoms. The second-order valence-corrected chi connectivity index (χ2v) is 5.44. The lowest BCUT2D eigenvalue weighted by Gasteiger charge is -2.18. The minimum atomic E-state index is -4.60. The number of halogens is 3. The van der Waals surface area contributed by atoms with Crippen LogP contribution in [-0.4, -0.2) is 33.0 Å². The first-order valence-corrected chi connectivity index (χ1v) is 7.03. The molecule has 0 fully saturated rings. The van der Waals surface area contributed by atoms with E-state index in [4.69, 9.17) is 9.47 Å². The number of alkyl halides is 3. The van der Waals surface area contributed by atoms with E-state index in [9.17, 15) is 13.2 Å². The molecule has 4 rings (SSSR count). The highest BCUT2D eigenvalue weighted by Crippen LogP contribution is 2.36. The van der Waals surface area contributed by atoms with Gasteiger partial charge in [-0.15, -0.1) is 10.2 Å². The van der Waals surface area contributed by atoms with Crippen LogP contribution in [0.4, 0.5) is 13.2 Å². The van der Waals surface area contributed by atoms with Gasteiger partial charge in [0.15, 0.2) is 11.5 Å². The highest BCUT2D eigenvalue weighted by atomic mass is 32.1. The molecule has 0 radical (unpaired) electrons. The average molecular weight is 328 g/mol. The van der Waals surface area contributed by atoms with Crippen LogP contribution in [-0.2, 0) is 6.18 Å². The largest absolute Gasteiger partial charge is 0.486 e. The Balaban J connectivity index is 1.80. The van der Waals surface area contributed by atoms with Crippen molar-refractivity contribution in [2.24, 2.45) is 0 Å². The van der Waals surface area contributed by atoms with Gasteiger partial charge in [0.1, 0.15) is 18.2 Å². The van der Waals surface area contributed by atoms with E-state index < -0.39 is 12.0 Å². The Kier molecular flexibility index (Phi) is 2.76. The highest BCUT2D eigenvalue weighted by molar-refractivity contribution is 7.19. The normalized spacial score (nSPS) is 14.5. The number of fused-ring (bicyclic) bond motifs is 2. The molecule has 0 aliphatic carbocycles. The molecule has 0 saturated carbocycles. The Hall–Kier alpha value is -2.36. The fraction of sp³-hybridized carbons (Fsp3) is 0.250. The van der Waals surface area contributed by atoms with Crippen molar-refractivity contribution < 1.29 is 22.6 Å². The van der Waals surface area contributed by atoms with Crippen molar-refractivity contribution in [3.63, 3.8) is 0 Å². The van der Waals surface area contributed by atoms with Crippen LogP contribution in [0.15, 0.2) is 18.2 Å². The summed E-state index contributed by atoms with van der Waals surface area (Å²) in [4.78, 5) is 0.0808. The van der Waals surface area contributed by atoms with Crippen LogP contribution in [0.3, 0.4) is 0 Å². The molecular formula is C12H7F3N4O2S. The molecule has 0 amide bonds. The number of benzene rings is 1. The van der Waals surface area contributed by atoms with E-state index in [0.717, 1.165) is 11.3 Å². The zero-order chi connectivity index (χ0) is 15.3. The van der Waals surface area contributed by atoms with Crippen molar-refractivity contribution in [1.29, 1.82) is 0 Å². The number of ether oxygens (including phenoxy) is 2. The third kappa shape index (κ3) is 2.06. The van der Waals surface area contributed by atoms with Gasteiger partial charge in [-0.05, 0) is 18.2 Å². The average Bonchev–Trinajstić information content (AvgIpc) is 3.05. The molecule has 1 aliphatic rings. The van der Waals surface area contributed by atoms with Crippen molar-refractivity contribution in [2.75, 3.05) is 13.2 Å². The zero-order valence-corrected chi connectivity index (χ0v) is 11.6. The molecule has 3 aromatic rings. The lowest BCUT2D eigenvalue weighted by Crippen LogP contribution is -2.15. The summed E-state index contributed by atoms with van der Waals surface area (Å²) in [6.45, 7) is 0.901. The topological polar surface area (TPSA) is 61.5 Å². The van der Waals surface area contributed by atoms with Crippen molar-refractivity contribution in [1.82, 2.24) is 19.8 Å². The van der Waals surface area contributed by atoms with Crippen molar-refractivity contribution in [2.45, 2.75) is 6.18 Å². The molecule has 0 spiro atoms.